The van der Waals surface area contributed by atoms with Crippen molar-refractivity contribution in [2.24, 2.45) is 0 Å². The lowest BCUT2D eigenvalue weighted by molar-refractivity contribution is -0.138. The fraction of sp³-hybridized carbons (Fsp3) is 0.0667. The summed E-state index contributed by atoms with van der Waals surface area (Å²) in [6.07, 6.45) is 0.0838. The molecule has 0 saturated heterocycles. The Balaban J connectivity index is 1.69. The third-order valence-electron chi connectivity index (χ3n) is 6.12. The Morgan fingerprint density at radius 2 is 1.57 bits per heavy atom. The second-order valence-electron chi connectivity index (χ2n) is 8.51. The molecule has 1 N–H and O–H groups in total. The van der Waals surface area contributed by atoms with Gasteiger partial charge in [0.15, 0.2) is 0 Å². The molecular weight excluding hydrogens is 509 g/mol. The van der Waals surface area contributed by atoms with Gasteiger partial charge in [0.1, 0.15) is 17.6 Å². The number of carbonyl (C=O) groups is 2. The van der Waals surface area contributed by atoms with Crippen molar-refractivity contribution in [3.8, 4) is 22.6 Å². The lowest BCUT2D eigenvalue weighted by Gasteiger charge is -2.31. The maximum atomic E-state index is 14.1. The van der Waals surface area contributed by atoms with Gasteiger partial charge in [0.2, 0.25) is 0 Å². The smallest absolute Gasteiger partial charge is 0.327 e. The predicted molar refractivity (Wildman–Crippen MR) is 146 cm³/mol. The summed E-state index contributed by atoms with van der Waals surface area (Å²) in [5.74, 6) is -0.532. The Kier molecular flexibility index (Phi) is 6.99. The Morgan fingerprint density at radius 3 is 2.32 bits per heavy atom. The molecule has 1 atom stereocenters. The first-order chi connectivity index (χ1) is 17.9. The number of nitrogens with zero attached hydrogens (tertiary/aromatic N) is 1. The van der Waals surface area contributed by atoms with Crippen molar-refractivity contribution in [2.75, 3.05) is 4.90 Å². The van der Waals surface area contributed by atoms with Crippen LogP contribution in [0, 0.1) is 0 Å². The average molecular weight is 530 g/mol. The summed E-state index contributed by atoms with van der Waals surface area (Å²) in [4.78, 5) is 28.1. The highest BCUT2D eigenvalue weighted by molar-refractivity contribution is 6.37. The number of para-hydroxylation sites is 1. The van der Waals surface area contributed by atoms with Crippen molar-refractivity contribution in [2.45, 2.75) is 12.5 Å². The van der Waals surface area contributed by atoms with Crippen molar-refractivity contribution >= 4 is 40.8 Å². The number of hydrogen-bond acceptors (Lipinski definition) is 3. The maximum Gasteiger partial charge on any atom is 0.327 e. The van der Waals surface area contributed by atoms with E-state index in [1.54, 1.807) is 24.3 Å². The number of carboxylic acids is 1. The van der Waals surface area contributed by atoms with Crippen LogP contribution in [0.25, 0.3) is 22.6 Å². The Morgan fingerprint density at radius 1 is 0.811 bits per heavy atom. The summed E-state index contributed by atoms with van der Waals surface area (Å²) >= 11 is 12.5. The number of amides is 1. The predicted octanol–water partition coefficient (Wildman–Crippen LogP) is 7.70. The van der Waals surface area contributed by atoms with Crippen LogP contribution in [-0.2, 0) is 11.2 Å². The lowest BCUT2D eigenvalue weighted by atomic mass is 10.00. The molecule has 0 fully saturated rings. The molecule has 1 aliphatic carbocycles. The second-order valence-corrected chi connectivity index (χ2v) is 9.35. The highest BCUT2D eigenvalue weighted by Gasteiger charge is 2.34. The second kappa shape index (κ2) is 10.5. The van der Waals surface area contributed by atoms with Gasteiger partial charge in [-0.05, 0) is 54.1 Å². The summed E-state index contributed by atoms with van der Waals surface area (Å²) in [7, 11) is 0. The van der Waals surface area contributed by atoms with Gasteiger partial charge in [-0.3, -0.25) is 9.69 Å². The van der Waals surface area contributed by atoms with Crippen LogP contribution < -0.4 is 4.90 Å². The minimum absolute atomic E-state index is 0.0838. The van der Waals surface area contributed by atoms with E-state index in [-0.39, 0.29) is 17.0 Å². The van der Waals surface area contributed by atoms with Gasteiger partial charge < -0.3 is 9.52 Å². The molecule has 1 unspecified atom stereocenters. The Bertz CT molecular complexity index is 1550. The first-order valence-corrected chi connectivity index (χ1v) is 12.3. The molecule has 37 heavy (non-hydrogen) atoms. The summed E-state index contributed by atoms with van der Waals surface area (Å²) < 4.78 is 6.13. The first kappa shape index (κ1) is 24.6. The molecule has 5 rings (SSSR count). The maximum absolute atomic E-state index is 14.1. The molecule has 0 spiro atoms. The zero-order valence-corrected chi connectivity index (χ0v) is 21.0. The van der Waals surface area contributed by atoms with E-state index in [0.717, 1.165) is 11.1 Å². The number of hydrogen-bond donors (Lipinski definition) is 1. The third-order valence-corrected chi connectivity index (χ3v) is 6.67. The average Bonchev–Trinajstić information content (AvgIpc) is 3.37. The minimum Gasteiger partial charge on any atom is -0.480 e. The van der Waals surface area contributed by atoms with E-state index in [0.29, 0.717) is 27.8 Å². The van der Waals surface area contributed by atoms with Crippen molar-refractivity contribution in [1.29, 1.82) is 0 Å². The number of carboxylic acid groups (broad SMARTS) is 1. The van der Waals surface area contributed by atoms with Crippen LogP contribution in [0.5, 0.6) is 0 Å². The molecule has 5 nitrogen and oxygen atoms in total. The summed E-state index contributed by atoms with van der Waals surface area (Å²) in [5.41, 5.74) is 2.81. The van der Waals surface area contributed by atoms with Crippen LogP contribution in [0.2, 0.25) is 10.0 Å². The van der Waals surface area contributed by atoms with E-state index in [2.05, 4.69) is 0 Å². The monoisotopic (exact) mass is 529 g/mol. The molecular formula is C30H21Cl2NO4. The van der Waals surface area contributed by atoms with E-state index in [1.165, 1.54) is 17.0 Å². The molecule has 0 bridgehead atoms. The molecule has 1 aliphatic heterocycles. The van der Waals surface area contributed by atoms with Gasteiger partial charge in [-0.2, -0.15) is 0 Å². The Hall–Kier alpha value is -4.06. The molecule has 0 aromatic heterocycles. The lowest BCUT2D eigenvalue weighted by Crippen LogP contribution is -2.47. The van der Waals surface area contributed by atoms with Gasteiger partial charge in [0.25, 0.3) is 5.91 Å². The summed E-state index contributed by atoms with van der Waals surface area (Å²) in [5, 5.41) is 10.9. The SMILES string of the molecule is O=C(O)C(Cc1ccccc1)N(C(=O)c1ccc(Cl)cc1Cl)c1ccccc1-c1ccc2cccc-2o1. The highest BCUT2D eigenvalue weighted by Crippen LogP contribution is 2.37. The molecule has 1 heterocycles. The highest BCUT2D eigenvalue weighted by atomic mass is 35.5. The van der Waals surface area contributed by atoms with E-state index in [1.807, 2.05) is 66.7 Å². The van der Waals surface area contributed by atoms with Gasteiger partial charge in [0.05, 0.1) is 16.3 Å². The molecule has 1 amide bonds. The molecule has 7 heteroatoms. The van der Waals surface area contributed by atoms with E-state index < -0.39 is 17.9 Å². The molecule has 3 aromatic rings. The number of rotatable bonds is 7. The first-order valence-electron chi connectivity index (χ1n) is 11.6. The topological polar surface area (TPSA) is 70.8 Å². The molecule has 0 radical (unpaired) electrons. The van der Waals surface area contributed by atoms with Gasteiger partial charge in [0, 0.05) is 22.6 Å². The number of carbonyl (C=O) groups excluding carboxylic acids is 1. The van der Waals surface area contributed by atoms with Gasteiger partial charge in [-0.25, -0.2) is 4.79 Å². The Labute approximate surface area is 223 Å². The fourth-order valence-corrected chi connectivity index (χ4v) is 4.83. The van der Waals surface area contributed by atoms with Crippen molar-refractivity contribution in [3.05, 3.63) is 124 Å². The van der Waals surface area contributed by atoms with Crippen molar-refractivity contribution in [1.82, 2.24) is 0 Å². The quantitative estimate of drug-likeness (QED) is 0.234. The normalized spacial score (nSPS) is 11.8. The van der Waals surface area contributed by atoms with Crippen LogP contribution in [0.1, 0.15) is 15.9 Å². The summed E-state index contributed by atoms with van der Waals surface area (Å²) in [6, 6.07) is 29.0. The number of fused-ring (bicyclic) bond motifs is 1. The van der Waals surface area contributed by atoms with Crippen molar-refractivity contribution in [3.63, 3.8) is 0 Å². The number of benzene rings is 3. The van der Waals surface area contributed by atoms with Crippen LogP contribution in [0.15, 0.2) is 108 Å². The molecule has 3 aromatic carbocycles. The van der Waals surface area contributed by atoms with Crippen LogP contribution >= 0.6 is 23.2 Å². The fourth-order valence-electron chi connectivity index (χ4n) is 4.34. The summed E-state index contributed by atoms with van der Waals surface area (Å²) in [6.45, 7) is 0. The van der Waals surface area contributed by atoms with Crippen LogP contribution in [0.4, 0.5) is 5.69 Å². The van der Waals surface area contributed by atoms with Crippen LogP contribution in [-0.4, -0.2) is 23.0 Å². The molecule has 0 saturated carbocycles. The zero-order valence-electron chi connectivity index (χ0n) is 19.5. The van der Waals surface area contributed by atoms with Crippen LogP contribution in [0.3, 0.4) is 0 Å². The zero-order chi connectivity index (χ0) is 25.9. The minimum atomic E-state index is -1.23. The van der Waals surface area contributed by atoms with Gasteiger partial charge >= 0.3 is 5.97 Å². The standard InChI is InChI=1S/C30H21Cl2NO4/c31-21-14-15-22(24(32)18-21)29(34)33(26(30(35)36)17-19-7-2-1-3-8-19)25-11-5-4-10-23(25)28-16-13-20-9-6-12-27(20)37-28/h1-16,18,26H,17H2,(H,35,36). The number of halogens is 2. The number of anilines is 1. The third kappa shape index (κ3) is 5.10. The van der Waals surface area contributed by atoms with E-state index in [9.17, 15) is 14.7 Å². The van der Waals surface area contributed by atoms with Gasteiger partial charge in [-0.1, -0.05) is 77.8 Å². The van der Waals surface area contributed by atoms with Crippen molar-refractivity contribution < 1.29 is 19.1 Å². The largest absolute Gasteiger partial charge is 0.480 e. The van der Waals surface area contributed by atoms with Gasteiger partial charge in [-0.15, -0.1) is 0 Å². The molecule has 184 valence electrons. The number of aliphatic carboxylic acids is 1. The van der Waals surface area contributed by atoms with E-state index in [4.69, 9.17) is 27.6 Å². The molecule has 2 aliphatic rings. The van der Waals surface area contributed by atoms with E-state index >= 15 is 0 Å².